The molecule has 0 aliphatic carbocycles. The molecule has 0 radical (unpaired) electrons. The van der Waals surface area contributed by atoms with Gasteiger partial charge in [0, 0.05) is 18.5 Å². The van der Waals surface area contributed by atoms with Crippen molar-refractivity contribution in [3.05, 3.63) is 36.2 Å². The molecule has 0 saturated heterocycles. The summed E-state index contributed by atoms with van der Waals surface area (Å²) in [6, 6.07) is 4.83. The number of amides is 1. The Balaban J connectivity index is 2.04. The zero-order valence-electron chi connectivity index (χ0n) is 11.0. The number of methoxy groups -OCH3 is 2. The highest BCUT2D eigenvalue weighted by Crippen LogP contribution is 2.13. The summed E-state index contributed by atoms with van der Waals surface area (Å²) >= 11 is 0. The van der Waals surface area contributed by atoms with E-state index in [9.17, 15) is 4.79 Å². The number of anilines is 1. The van der Waals surface area contributed by atoms with Crippen LogP contribution < -0.4 is 20.3 Å². The highest BCUT2D eigenvalue weighted by atomic mass is 16.5. The van der Waals surface area contributed by atoms with Crippen molar-refractivity contribution in [3.8, 4) is 11.8 Å². The van der Waals surface area contributed by atoms with Crippen LogP contribution in [0.4, 0.5) is 5.95 Å². The quantitative estimate of drug-likeness (QED) is 0.773. The van der Waals surface area contributed by atoms with E-state index < -0.39 is 5.91 Å². The van der Waals surface area contributed by atoms with Crippen LogP contribution in [0.15, 0.2) is 30.6 Å². The summed E-state index contributed by atoms with van der Waals surface area (Å²) < 4.78 is 9.95. The van der Waals surface area contributed by atoms with Gasteiger partial charge in [-0.1, -0.05) is 0 Å². The third-order valence-electron chi connectivity index (χ3n) is 2.34. The number of aromatic nitrogens is 3. The second kappa shape index (κ2) is 6.32. The lowest BCUT2D eigenvalue weighted by atomic mass is 10.2. The van der Waals surface area contributed by atoms with Gasteiger partial charge in [0.25, 0.3) is 5.91 Å². The second-order valence-corrected chi connectivity index (χ2v) is 3.56. The smallest absolute Gasteiger partial charge is 0.275 e. The van der Waals surface area contributed by atoms with Crippen LogP contribution in [0.25, 0.3) is 0 Å². The lowest BCUT2D eigenvalue weighted by molar-refractivity contribution is 0.0958. The molecule has 8 nitrogen and oxygen atoms in total. The number of hydrogen-bond donors (Lipinski definition) is 2. The zero-order valence-corrected chi connectivity index (χ0v) is 11.0. The highest BCUT2D eigenvalue weighted by Gasteiger charge is 2.12. The van der Waals surface area contributed by atoms with Crippen molar-refractivity contribution >= 4 is 11.9 Å². The normalized spacial score (nSPS) is 9.70. The first-order valence-electron chi connectivity index (χ1n) is 5.67. The molecule has 2 aromatic heterocycles. The maximum Gasteiger partial charge on any atom is 0.275 e. The first-order chi connectivity index (χ1) is 9.74. The lowest BCUT2D eigenvalue weighted by Crippen LogP contribution is -2.30. The van der Waals surface area contributed by atoms with Crippen LogP contribution >= 0.6 is 0 Å². The molecule has 0 saturated carbocycles. The maximum atomic E-state index is 12.0. The average Bonchev–Trinajstić information content (AvgIpc) is 2.52. The van der Waals surface area contributed by atoms with Crippen molar-refractivity contribution in [1.29, 1.82) is 0 Å². The van der Waals surface area contributed by atoms with Crippen molar-refractivity contribution in [2.75, 3.05) is 19.6 Å². The van der Waals surface area contributed by atoms with E-state index in [-0.39, 0.29) is 11.8 Å². The van der Waals surface area contributed by atoms with Crippen molar-refractivity contribution in [2.45, 2.75) is 0 Å². The fourth-order valence-corrected chi connectivity index (χ4v) is 1.42. The molecule has 0 spiro atoms. The Hall–Kier alpha value is -2.90. The minimum absolute atomic E-state index is 0.209. The summed E-state index contributed by atoms with van der Waals surface area (Å²) in [6.45, 7) is 0. The molecule has 0 unspecified atom stereocenters. The number of rotatable bonds is 5. The van der Waals surface area contributed by atoms with Crippen molar-refractivity contribution in [3.63, 3.8) is 0 Å². The molecule has 0 bridgehead atoms. The summed E-state index contributed by atoms with van der Waals surface area (Å²) in [7, 11) is 2.93. The SMILES string of the molecule is COc1ccnc(NNC(=O)c2cccnc2OC)n1. The molecule has 2 heterocycles. The third kappa shape index (κ3) is 3.10. The molecular weight excluding hydrogens is 262 g/mol. The van der Waals surface area contributed by atoms with Crippen LogP contribution in [-0.4, -0.2) is 35.1 Å². The average molecular weight is 275 g/mol. The number of carbonyl (C=O) groups is 1. The Morgan fingerprint density at radius 3 is 2.75 bits per heavy atom. The highest BCUT2D eigenvalue weighted by molar-refractivity contribution is 5.96. The fourth-order valence-electron chi connectivity index (χ4n) is 1.42. The molecule has 2 aromatic rings. The number of ether oxygens (including phenoxy) is 2. The molecule has 8 heteroatoms. The Morgan fingerprint density at radius 2 is 2.00 bits per heavy atom. The Morgan fingerprint density at radius 1 is 1.15 bits per heavy atom. The summed E-state index contributed by atoms with van der Waals surface area (Å²) in [5, 5.41) is 0. The Labute approximate surface area is 115 Å². The minimum atomic E-state index is -0.415. The number of carbonyl (C=O) groups excluding carboxylic acids is 1. The van der Waals surface area contributed by atoms with Crippen molar-refractivity contribution in [1.82, 2.24) is 20.4 Å². The van der Waals surface area contributed by atoms with Crippen LogP contribution in [0.1, 0.15) is 10.4 Å². The minimum Gasteiger partial charge on any atom is -0.481 e. The van der Waals surface area contributed by atoms with Gasteiger partial charge < -0.3 is 9.47 Å². The van der Waals surface area contributed by atoms with Crippen LogP contribution in [0.3, 0.4) is 0 Å². The maximum absolute atomic E-state index is 12.0. The summed E-state index contributed by atoms with van der Waals surface area (Å²) in [5.41, 5.74) is 5.33. The van der Waals surface area contributed by atoms with Gasteiger partial charge in [0.05, 0.1) is 14.2 Å². The first kappa shape index (κ1) is 13.5. The number of nitrogens with zero attached hydrogens (tertiary/aromatic N) is 3. The van der Waals surface area contributed by atoms with E-state index in [4.69, 9.17) is 9.47 Å². The Bertz CT molecular complexity index is 605. The van der Waals surface area contributed by atoms with E-state index in [1.807, 2.05) is 0 Å². The van der Waals surface area contributed by atoms with E-state index in [1.165, 1.54) is 26.6 Å². The number of nitrogens with one attached hydrogen (secondary N) is 2. The van der Waals surface area contributed by atoms with E-state index in [2.05, 4.69) is 25.8 Å². The molecule has 0 aromatic carbocycles. The van der Waals surface area contributed by atoms with Gasteiger partial charge in [-0.15, -0.1) is 0 Å². The van der Waals surface area contributed by atoms with E-state index >= 15 is 0 Å². The van der Waals surface area contributed by atoms with Crippen LogP contribution in [-0.2, 0) is 0 Å². The molecule has 0 atom stereocenters. The molecule has 20 heavy (non-hydrogen) atoms. The molecule has 0 fully saturated rings. The third-order valence-corrected chi connectivity index (χ3v) is 2.34. The van der Waals surface area contributed by atoms with Gasteiger partial charge in [-0.25, -0.2) is 9.97 Å². The fraction of sp³-hybridized carbons (Fsp3) is 0.167. The monoisotopic (exact) mass is 275 g/mol. The zero-order chi connectivity index (χ0) is 14.4. The Kier molecular flexibility index (Phi) is 4.28. The van der Waals surface area contributed by atoms with Gasteiger partial charge in [-0.3, -0.25) is 15.6 Å². The van der Waals surface area contributed by atoms with Gasteiger partial charge in [-0.05, 0) is 12.1 Å². The van der Waals surface area contributed by atoms with Gasteiger partial charge in [0.2, 0.25) is 17.7 Å². The van der Waals surface area contributed by atoms with E-state index in [1.54, 1.807) is 18.2 Å². The summed E-state index contributed by atoms with van der Waals surface area (Å²) in [6.07, 6.45) is 3.04. The molecule has 0 aliphatic heterocycles. The van der Waals surface area contributed by atoms with E-state index in [0.29, 0.717) is 11.4 Å². The van der Waals surface area contributed by atoms with Crippen molar-refractivity contribution < 1.29 is 14.3 Å². The van der Waals surface area contributed by atoms with E-state index in [0.717, 1.165) is 0 Å². The topological polar surface area (TPSA) is 98.3 Å². The lowest BCUT2D eigenvalue weighted by Gasteiger charge is -2.09. The second-order valence-electron chi connectivity index (χ2n) is 3.56. The predicted molar refractivity (Wildman–Crippen MR) is 70.5 cm³/mol. The van der Waals surface area contributed by atoms with Crippen LogP contribution in [0, 0.1) is 0 Å². The number of pyridine rings is 1. The first-order valence-corrected chi connectivity index (χ1v) is 5.67. The molecule has 104 valence electrons. The van der Waals surface area contributed by atoms with Crippen LogP contribution in [0.5, 0.6) is 11.8 Å². The van der Waals surface area contributed by atoms with Gasteiger partial charge in [0.1, 0.15) is 5.56 Å². The molecule has 2 rings (SSSR count). The van der Waals surface area contributed by atoms with Gasteiger partial charge in [-0.2, -0.15) is 4.98 Å². The number of hydrazine groups is 1. The summed E-state index contributed by atoms with van der Waals surface area (Å²) in [5.74, 6) is 0.413. The molecule has 0 aliphatic rings. The predicted octanol–water partition coefficient (Wildman–Crippen LogP) is 0.646. The van der Waals surface area contributed by atoms with Crippen LogP contribution in [0.2, 0.25) is 0 Å². The molecule has 1 amide bonds. The largest absolute Gasteiger partial charge is 0.481 e. The summed E-state index contributed by atoms with van der Waals surface area (Å²) in [4.78, 5) is 23.8. The molecular formula is C12H13N5O3. The van der Waals surface area contributed by atoms with Crippen molar-refractivity contribution in [2.24, 2.45) is 0 Å². The number of hydrogen-bond acceptors (Lipinski definition) is 7. The van der Waals surface area contributed by atoms with Gasteiger partial charge in [0.15, 0.2) is 0 Å². The molecule has 2 N–H and O–H groups in total. The van der Waals surface area contributed by atoms with Gasteiger partial charge >= 0.3 is 0 Å². The standard InChI is InChI=1S/C12H13N5O3/c1-19-9-5-7-14-12(15-9)17-16-10(18)8-4-3-6-13-11(8)20-2/h3-7H,1-2H3,(H,16,18)(H,14,15,17).